The summed E-state index contributed by atoms with van der Waals surface area (Å²) in [5, 5.41) is 10.7. The Kier molecular flexibility index (Phi) is 4.56. The van der Waals surface area contributed by atoms with Crippen molar-refractivity contribution < 1.29 is 32.4 Å². The molecule has 140 valence electrons. The van der Waals surface area contributed by atoms with Gasteiger partial charge in [0.1, 0.15) is 17.9 Å². The summed E-state index contributed by atoms with van der Waals surface area (Å²) in [6, 6.07) is 8.24. The van der Waals surface area contributed by atoms with E-state index < -0.39 is 46.5 Å². The number of nitrogens with zero attached hydrogens (tertiary/aromatic N) is 2. The number of rotatable bonds is 5. The molecule has 1 heterocycles. The maximum atomic E-state index is 13.1. The van der Waals surface area contributed by atoms with Crippen molar-refractivity contribution in [3.8, 4) is 5.75 Å². The third-order valence-electron chi connectivity index (χ3n) is 3.93. The lowest BCUT2D eigenvalue weighted by Gasteiger charge is -2.17. The number of benzene rings is 2. The predicted octanol–water partition coefficient (Wildman–Crippen LogP) is 3.29. The van der Waals surface area contributed by atoms with Gasteiger partial charge < -0.3 is 4.74 Å². The van der Waals surface area contributed by atoms with Crippen LogP contribution < -0.4 is 4.74 Å². The molecule has 0 aromatic heterocycles. The molecule has 2 aromatic carbocycles. The highest BCUT2D eigenvalue weighted by molar-refractivity contribution is 6.21. The SMILES string of the molecule is O=C1c2ccccc2C(=O)N1CCOc1ccc([N+](=O)[O-])cc1C(F)(F)F. The highest BCUT2D eigenvalue weighted by Crippen LogP contribution is 2.38. The molecule has 0 aliphatic carbocycles. The van der Waals surface area contributed by atoms with Crippen molar-refractivity contribution in [3.63, 3.8) is 0 Å². The van der Waals surface area contributed by atoms with E-state index in [2.05, 4.69) is 0 Å². The normalized spacial score (nSPS) is 13.7. The lowest BCUT2D eigenvalue weighted by atomic mass is 10.1. The van der Waals surface area contributed by atoms with Gasteiger partial charge in [0.2, 0.25) is 0 Å². The number of ether oxygens (including phenoxy) is 1. The standard InChI is InChI=1S/C17H11F3N2O5/c18-17(19,20)13-9-10(22(25)26)5-6-14(13)27-8-7-21-15(23)11-3-1-2-4-12(11)16(21)24/h1-6,9H,7-8H2. The van der Waals surface area contributed by atoms with Crippen molar-refractivity contribution in [2.45, 2.75) is 6.18 Å². The van der Waals surface area contributed by atoms with E-state index in [9.17, 15) is 32.9 Å². The quantitative estimate of drug-likeness (QED) is 0.451. The van der Waals surface area contributed by atoms with Gasteiger partial charge in [0.25, 0.3) is 17.5 Å². The van der Waals surface area contributed by atoms with Gasteiger partial charge in [-0.15, -0.1) is 0 Å². The van der Waals surface area contributed by atoms with E-state index >= 15 is 0 Å². The smallest absolute Gasteiger partial charge is 0.420 e. The highest BCUT2D eigenvalue weighted by Gasteiger charge is 2.37. The summed E-state index contributed by atoms with van der Waals surface area (Å²) in [7, 11) is 0. The molecule has 7 nitrogen and oxygen atoms in total. The second-order valence-electron chi connectivity index (χ2n) is 5.59. The Labute approximate surface area is 150 Å². The third-order valence-corrected chi connectivity index (χ3v) is 3.93. The molecule has 0 atom stereocenters. The number of carbonyl (C=O) groups is 2. The van der Waals surface area contributed by atoms with E-state index in [4.69, 9.17) is 4.74 Å². The summed E-state index contributed by atoms with van der Waals surface area (Å²) in [6.07, 6.45) is -4.86. The minimum Gasteiger partial charge on any atom is -0.491 e. The number of nitro benzene ring substituents is 1. The summed E-state index contributed by atoms with van der Waals surface area (Å²) in [6.45, 7) is -0.660. The van der Waals surface area contributed by atoms with E-state index in [1.807, 2.05) is 0 Å². The number of amides is 2. The van der Waals surface area contributed by atoms with Gasteiger partial charge >= 0.3 is 6.18 Å². The first-order valence-corrected chi connectivity index (χ1v) is 7.64. The molecule has 0 radical (unpaired) electrons. The van der Waals surface area contributed by atoms with Crippen LogP contribution in [-0.4, -0.2) is 34.8 Å². The number of halogens is 3. The fourth-order valence-corrected chi connectivity index (χ4v) is 2.67. The predicted molar refractivity (Wildman–Crippen MR) is 85.4 cm³/mol. The Bertz CT molecular complexity index is 907. The van der Waals surface area contributed by atoms with Crippen LogP contribution in [0.5, 0.6) is 5.75 Å². The van der Waals surface area contributed by atoms with Crippen LogP contribution in [0.4, 0.5) is 18.9 Å². The van der Waals surface area contributed by atoms with Gasteiger partial charge in [-0.05, 0) is 18.2 Å². The number of carbonyl (C=O) groups excluding carboxylic acids is 2. The Morgan fingerprint density at radius 3 is 2.15 bits per heavy atom. The van der Waals surface area contributed by atoms with Crippen LogP contribution in [-0.2, 0) is 6.18 Å². The van der Waals surface area contributed by atoms with E-state index in [1.165, 1.54) is 12.1 Å². The van der Waals surface area contributed by atoms with Crippen molar-refractivity contribution in [2.24, 2.45) is 0 Å². The van der Waals surface area contributed by atoms with Crippen molar-refractivity contribution in [1.82, 2.24) is 4.90 Å². The van der Waals surface area contributed by atoms with Gasteiger partial charge in [0.05, 0.1) is 22.6 Å². The molecule has 0 saturated carbocycles. The van der Waals surface area contributed by atoms with E-state index in [-0.39, 0.29) is 17.7 Å². The maximum Gasteiger partial charge on any atom is 0.420 e. The number of alkyl halides is 3. The van der Waals surface area contributed by atoms with Crippen LogP contribution in [0.2, 0.25) is 0 Å². The molecular weight excluding hydrogens is 369 g/mol. The minimum atomic E-state index is -4.86. The monoisotopic (exact) mass is 380 g/mol. The molecule has 0 unspecified atom stereocenters. The van der Waals surface area contributed by atoms with Gasteiger partial charge in [-0.1, -0.05) is 12.1 Å². The largest absolute Gasteiger partial charge is 0.491 e. The fourth-order valence-electron chi connectivity index (χ4n) is 2.67. The molecular formula is C17H11F3N2O5. The lowest BCUT2D eigenvalue weighted by Crippen LogP contribution is -2.33. The maximum absolute atomic E-state index is 13.1. The van der Waals surface area contributed by atoms with E-state index in [1.54, 1.807) is 12.1 Å². The molecule has 0 fully saturated rings. The number of hydrogen-bond acceptors (Lipinski definition) is 5. The molecule has 2 amide bonds. The van der Waals surface area contributed by atoms with Crippen LogP contribution >= 0.6 is 0 Å². The van der Waals surface area contributed by atoms with Crippen molar-refractivity contribution in [2.75, 3.05) is 13.2 Å². The zero-order chi connectivity index (χ0) is 19.8. The fraction of sp³-hybridized carbons (Fsp3) is 0.176. The van der Waals surface area contributed by atoms with Crippen LogP contribution in [0.3, 0.4) is 0 Å². The summed E-state index contributed by atoms with van der Waals surface area (Å²) in [5.41, 5.74) is -1.60. The summed E-state index contributed by atoms with van der Waals surface area (Å²) >= 11 is 0. The van der Waals surface area contributed by atoms with Crippen LogP contribution in [0.1, 0.15) is 26.3 Å². The molecule has 0 N–H and O–H groups in total. The molecule has 1 aliphatic heterocycles. The first kappa shape index (κ1) is 18.4. The first-order valence-electron chi connectivity index (χ1n) is 7.64. The Morgan fingerprint density at radius 1 is 1.04 bits per heavy atom. The average molecular weight is 380 g/mol. The van der Waals surface area contributed by atoms with E-state index in [0.29, 0.717) is 6.07 Å². The van der Waals surface area contributed by atoms with Gasteiger partial charge in [0.15, 0.2) is 0 Å². The van der Waals surface area contributed by atoms with Crippen molar-refractivity contribution >= 4 is 17.5 Å². The number of fused-ring (bicyclic) bond motifs is 1. The van der Waals surface area contributed by atoms with Crippen molar-refractivity contribution in [1.29, 1.82) is 0 Å². The molecule has 1 aliphatic rings. The molecule has 27 heavy (non-hydrogen) atoms. The topological polar surface area (TPSA) is 89.8 Å². The lowest BCUT2D eigenvalue weighted by molar-refractivity contribution is -0.385. The minimum absolute atomic E-state index is 0.216. The molecule has 0 bridgehead atoms. The molecule has 2 aromatic rings. The average Bonchev–Trinajstić information content (AvgIpc) is 2.86. The Hall–Kier alpha value is -3.43. The molecule has 0 spiro atoms. The van der Waals surface area contributed by atoms with Gasteiger partial charge in [-0.25, -0.2) is 0 Å². The van der Waals surface area contributed by atoms with Crippen molar-refractivity contribution in [3.05, 3.63) is 69.3 Å². The zero-order valence-corrected chi connectivity index (χ0v) is 13.5. The second-order valence-corrected chi connectivity index (χ2v) is 5.59. The number of non-ortho nitro benzene ring substituents is 1. The van der Waals surface area contributed by atoms with Crippen LogP contribution in [0.15, 0.2) is 42.5 Å². The second kappa shape index (κ2) is 6.71. The van der Waals surface area contributed by atoms with Crippen LogP contribution in [0.25, 0.3) is 0 Å². The molecule has 0 saturated heterocycles. The van der Waals surface area contributed by atoms with Gasteiger partial charge in [0, 0.05) is 12.1 Å². The molecule has 10 heteroatoms. The third kappa shape index (κ3) is 3.46. The highest BCUT2D eigenvalue weighted by atomic mass is 19.4. The Morgan fingerprint density at radius 2 is 1.63 bits per heavy atom. The zero-order valence-electron chi connectivity index (χ0n) is 13.5. The first-order chi connectivity index (χ1) is 12.7. The number of hydrogen-bond donors (Lipinski definition) is 0. The molecule has 3 rings (SSSR count). The van der Waals surface area contributed by atoms with Gasteiger partial charge in [-0.3, -0.25) is 24.6 Å². The van der Waals surface area contributed by atoms with E-state index in [0.717, 1.165) is 17.0 Å². The summed E-state index contributed by atoms with van der Waals surface area (Å²) in [4.78, 5) is 35.0. The van der Waals surface area contributed by atoms with Crippen LogP contribution in [0, 0.1) is 10.1 Å². The summed E-state index contributed by atoms with van der Waals surface area (Å²) in [5.74, 6) is -1.73. The number of nitro groups is 1. The summed E-state index contributed by atoms with van der Waals surface area (Å²) < 4.78 is 44.4. The Balaban J connectivity index is 1.74. The number of imide groups is 1. The van der Waals surface area contributed by atoms with Gasteiger partial charge in [-0.2, -0.15) is 13.2 Å².